The highest BCUT2D eigenvalue weighted by Crippen LogP contribution is 2.18. The number of nitrogens with zero attached hydrogens (tertiary/aromatic N) is 3. The molecule has 1 aromatic heterocycles. The Labute approximate surface area is 189 Å². The Balaban J connectivity index is 1.70. The van der Waals surface area contributed by atoms with E-state index in [1.54, 1.807) is 6.08 Å². The smallest absolute Gasteiger partial charge is 0.244 e. The third-order valence-electron chi connectivity index (χ3n) is 5.30. The summed E-state index contributed by atoms with van der Waals surface area (Å²) in [4.78, 5) is 31.9. The predicted molar refractivity (Wildman–Crippen MR) is 129 cm³/mol. The van der Waals surface area contributed by atoms with E-state index in [9.17, 15) is 9.59 Å². The van der Waals surface area contributed by atoms with Gasteiger partial charge in [-0.15, -0.1) is 0 Å². The Kier molecular flexibility index (Phi) is 7.82. The van der Waals surface area contributed by atoms with Crippen molar-refractivity contribution in [2.45, 2.75) is 52.7 Å². The fraction of sp³-hybridized carbons (Fsp3) is 0.346. The van der Waals surface area contributed by atoms with Gasteiger partial charge in [0.25, 0.3) is 0 Å². The van der Waals surface area contributed by atoms with E-state index in [4.69, 9.17) is 4.98 Å². The first kappa shape index (κ1) is 23.3. The number of nitrogens with one attached hydrogen (secondary N) is 1. The van der Waals surface area contributed by atoms with Gasteiger partial charge < -0.3 is 14.8 Å². The molecule has 0 aliphatic carbocycles. The monoisotopic (exact) mass is 432 g/mol. The molecule has 6 heteroatoms. The average Bonchev–Trinajstić information content (AvgIpc) is 3.10. The van der Waals surface area contributed by atoms with Crippen molar-refractivity contribution in [3.63, 3.8) is 0 Å². The molecule has 0 atom stereocenters. The molecule has 6 nitrogen and oxygen atoms in total. The number of para-hydroxylation sites is 2. The molecule has 0 saturated carbocycles. The molecule has 0 radical (unpaired) electrons. The third kappa shape index (κ3) is 5.84. The van der Waals surface area contributed by atoms with Gasteiger partial charge in [-0.3, -0.25) is 9.59 Å². The summed E-state index contributed by atoms with van der Waals surface area (Å²) in [7, 11) is 0. The molecule has 168 valence electrons. The molecule has 0 saturated heterocycles. The van der Waals surface area contributed by atoms with Crippen LogP contribution in [0.4, 0.5) is 0 Å². The minimum atomic E-state index is -0.154. The van der Waals surface area contributed by atoms with Gasteiger partial charge in [0, 0.05) is 31.1 Å². The molecule has 2 aromatic carbocycles. The maximum Gasteiger partial charge on any atom is 0.244 e. The lowest BCUT2D eigenvalue weighted by molar-refractivity contribution is -0.135. The van der Waals surface area contributed by atoms with Crippen LogP contribution in [0.5, 0.6) is 0 Å². The number of imidazole rings is 1. The number of carbonyl (C=O) groups excluding carboxylic acids is 2. The fourth-order valence-corrected chi connectivity index (χ4v) is 3.97. The zero-order valence-corrected chi connectivity index (χ0v) is 19.3. The lowest BCUT2D eigenvalue weighted by Gasteiger charge is -2.31. The Morgan fingerprint density at radius 1 is 1.00 bits per heavy atom. The summed E-state index contributed by atoms with van der Waals surface area (Å²) < 4.78 is 1.97. The van der Waals surface area contributed by atoms with Crippen molar-refractivity contribution in [2.75, 3.05) is 6.54 Å². The highest BCUT2D eigenvalue weighted by molar-refractivity contribution is 5.91. The van der Waals surface area contributed by atoms with E-state index in [0.717, 1.165) is 22.4 Å². The van der Waals surface area contributed by atoms with Crippen LogP contribution in [0.1, 0.15) is 39.1 Å². The number of rotatable bonds is 9. The molecule has 1 N–H and O–H groups in total. The molecule has 3 aromatic rings. The number of hydrogen-bond acceptors (Lipinski definition) is 3. The van der Waals surface area contributed by atoms with Crippen LogP contribution in [0.25, 0.3) is 17.1 Å². The SMILES string of the molecule is CC(C)N(C(=O)Cn1c(CCNC(=O)/C=C/c2ccccc2)nc2ccccc21)C(C)C. The van der Waals surface area contributed by atoms with Crippen molar-refractivity contribution in [1.82, 2.24) is 19.8 Å². The Bertz CT molecular complexity index is 1080. The molecule has 0 spiro atoms. The maximum atomic E-state index is 13.1. The van der Waals surface area contributed by atoms with E-state index >= 15 is 0 Å². The first-order valence-corrected chi connectivity index (χ1v) is 11.1. The number of benzene rings is 2. The van der Waals surface area contributed by atoms with Gasteiger partial charge >= 0.3 is 0 Å². The molecule has 0 fully saturated rings. The lowest BCUT2D eigenvalue weighted by atomic mass is 10.2. The van der Waals surface area contributed by atoms with Crippen LogP contribution in [0.2, 0.25) is 0 Å². The molecule has 3 rings (SSSR count). The summed E-state index contributed by atoms with van der Waals surface area (Å²) in [5.74, 6) is 0.701. The largest absolute Gasteiger partial charge is 0.352 e. The van der Waals surface area contributed by atoms with Gasteiger partial charge in [0.1, 0.15) is 12.4 Å². The summed E-state index contributed by atoms with van der Waals surface area (Å²) in [6.07, 6.45) is 3.86. The molecule has 0 unspecified atom stereocenters. The van der Waals surface area contributed by atoms with E-state index in [0.29, 0.717) is 13.0 Å². The van der Waals surface area contributed by atoms with Crippen molar-refractivity contribution in [3.05, 3.63) is 72.1 Å². The van der Waals surface area contributed by atoms with E-state index in [-0.39, 0.29) is 30.4 Å². The molecule has 0 bridgehead atoms. The average molecular weight is 433 g/mol. The van der Waals surface area contributed by atoms with Crippen molar-refractivity contribution >= 4 is 28.9 Å². The van der Waals surface area contributed by atoms with Crippen LogP contribution < -0.4 is 5.32 Å². The van der Waals surface area contributed by atoms with Crippen LogP contribution >= 0.6 is 0 Å². The highest BCUT2D eigenvalue weighted by atomic mass is 16.2. The van der Waals surface area contributed by atoms with Crippen LogP contribution in [-0.4, -0.2) is 44.9 Å². The van der Waals surface area contributed by atoms with Gasteiger partial charge in [-0.1, -0.05) is 42.5 Å². The van der Waals surface area contributed by atoms with Gasteiger partial charge in [0.05, 0.1) is 11.0 Å². The first-order chi connectivity index (χ1) is 15.4. The van der Waals surface area contributed by atoms with Crippen molar-refractivity contribution < 1.29 is 9.59 Å². The van der Waals surface area contributed by atoms with Crippen molar-refractivity contribution in [1.29, 1.82) is 0 Å². The van der Waals surface area contributed by atoms with Gasteiger partial charge in [0.2, 0.25) is 11.8 Å². The van der Waals surface area contributed by atoms with Crippen LogP contribution in [0.15, 0.2) is 60.7 Å². The Morgan fingerprint density at radius 2 is 1.66 bits per heavy atom. The highest BCUT2D eigenvalue weighted by Gasteiger charge is 2.22. The topological polar surface area (TPSA) is 67.2 Å². The number of aromatic nitrogens is 2. The summed E-state index contributed by atoms with van der Waals surface area (Å²) in [6, 6.07) is 17.8. The number of fused-ring (bicyclic) bond motifs is 1. The first-order valence-electron chi connectivity index (χ1n) is 11.1. The molecule has 32 heavy (non-hydrogen) atoms. The van der Waals surface area contributed by atoms with Crippen LogP contribution in [0.3, 0.4) is 0 Å². The van der Waals surface area contributed by atoms with Gasteiger partial charge in [-0.25, -0.2) is 4.98 Å². The summed E-state index contributed by atoms with van der Waals surface area (Å²) in [5.41, 5.74) is 2.76. The zero-order chi connectivity index (χ0) is 23.1. The number of amides is 2. The molecule has 2 amide bonds. The standard InChI is InChI=1S/C26H32N4O2/c1-19(2)30(20(3)4)26(32)18-29-23-13-9-8-12-22(23)28-24(29)16-17-27-25(31)15-14-21-10-6-5-7-11-21/h5-15,19-20H,16-18H2,1-4H3,(H,27,31)/b15-14+. The maximum absolute atomic E-state index is 13.1. The predicted octanol–water partition coefficient (Wildman–Crippen LogP) is 4.05. The number of carbonyl (C=O) groups is 2. The fourth-order valence-electron chi connectivity index (χ4n) is 3.97. The summed E-state index contributed by atoms with van der Waals surface area (Å²) in [5, 5.41) is 2.91. The molecular weight excluding hydrogens is 400 g/mol. The zero-order valence-electron chi connectivity index (χ0n) is 19.3. The quantitative estimate of drug-likeness (QED) is 0.519. The van der Waals surface area contributed by atoms with E-state index in [1.165, 1.54) is 6.08 Å². The second kappa shape index (κ2) is 10.8. The second-order valence-electron chi connectivity index (χ2n) is 8.38. The molecule has 0 aliphatic rings. The third-order valence-corrected chi connectivity index (χ3v) is 5.30. The van der Waals surface area contributed by atoms with Gasteiger partial charge in [-0.2, -0.15) is 0 Å². The molecule has 0 aliphatic heterocycles. The van der Waals surface area contributed by atoms with Crippen LogP contribution in [-0.2, 0) is 22.6 Å². The second-order valence-corrected chi connectivity index (χ2v) is 8.38. The summed E-state index contributed by atoms with van der Waals surface area (Å²) in [6.45, 7) is 8.79. The number of hydrogen-bond donors (Lipinski definition) is 1. The van der Waals surface area contributed by atoms with E-state index < -0.39 is 0 Å². The van der Waals surface area contributed by atoms with E-state index in [1.807, 2.05) is 91.8 Å². The van der Waals surface area contributed by atoms with Crippen molar-refractivity contribution in [2.24, 2.45) is 0 Å². The van der Waals surface area contributed by atoms with E-state index in [2.05, 4.69) is 5.32 Å². The van der Waals surface area contributed by atoms with Crippen molar-refractivity contribution in [3.8, 4) is 0 Å². The van der Waals surface area contributed by atoms with Crippen LogP contribution in [0, 0.1) is 0 Å². The minimum absolute atomic E-state index is 0.0641. The van der Waals surface area contributed by atoms with Gasteiger partial charge in [-0.05, 0) is 51.5 Å². The Morgan fingerprint density at radius 3 is 2.34 bits per heavy atom. The Hall–Kier alpha value is -3.41. The molecule has 1 heterocycles. The normalized spacial score (nSPS) is 11.6. The summed E-state index contributed by atoms with van der Waals surface area (Å²) >= 11 is 0. The molecular formula is C26H32N4O2. The van der Waals surface area contributed by atoms with Gasteiger partial charge in [0.15, 0.2) is 0 Å². The lowest BCUT2D eigenvalue weighted by Crippen LogP contribution is -2.43. The minimum Gasteiger partial charge on any atom is -0.352 e.